The molecule has 0 saturated carbocycles. The third kappa shape index (κ3) is 1.87. The molecule has 0 aromatic heterocycles. The van der Waals surface area contributed by atoms with Crippen LogP contribution in [-0.4, -0.2) is 18.7 Å². The third-order valence-corrected chi connectivity index (χ3v) is 3.57. The normalized spacial score (nSPS) is 16.2. The molecule has 2 aliphatic rings. The Morgan fingerprint density at radius 1 is 0.727 bits per heavy atom. The Balaban J connectivity index is 1.91. The maximum Gasteiger partial charge on any atom is 0.347 e. The SMILES string of the molecule is O=C1OC(=O)C(c2ccc3c(c2)OCO3)=C1c1ccccc1. The molecular formula is C17H10O5. The highest BCUT2D eigenvalue weighted by atomic mass is 16.7. The molecule has 0 radical (unpaired) electrons. The van der Waals surface area contributed by atoms with Crippen LogP contribution in [0.15, 0.2) is 48.5 Å². The summed E-state index contributed by atoms with van der Waals surface area (Å²) in [5, 5.41) is 0. The standard InChI is InChI=1S/C17H10O5/c18-16-14(10-4-2-1-3-5-10)15(17(19)22-16)11-6-7-12-13(8-11)21-9-20-12/h1-8H,9H2. The predicted octanol–water partition coefficient (Wildman–Crippen LogP) is 2.41. The fraction of sp³-hybridized carbons (Fsp3) is 0.0588. The first-order chi connectivity index (χ1) is 10.7. The summed E-state index contributed by atoms with van der Waals surface area (Å²) in [6, 6.07) is 14.1. The Labute approximate surface area is 125 Å². The zero-order valence-corrected chi connectivity index (χ0v) is 11.4. The minimum absolute atomic E-state index is 0.146. The molecule has 5 nitrogen and oxygen atoms in total. The summed E-state index contributed by atoms with van der Waals surface area (Å²) >= 11 is 0. The second-order valence-electron chi connectivity index (χ2n) is 4.86. The molecule has 0 saturated heterocycles. The van der Waals surface area contributed by atoms with Crippen LogP contribution in [0.3, 0.4) is 0 Å². The molecule has 0 aliphatic carbocycles. The summed E-state index contributed by atoms with van der Waals surface area (Å²) in [4.78, 5) is 24.1. The number of carbonyl (C=O) groups excluding carboxylic acids is 2. The zero-order valence-electron chi connectivity index (χ0n) is 11.4. The quantitative estimate of drug-likeness (QED) is 0.628. The van der Waals surface area contributed by atoms with Crippen molar-refractivity contribution in [1.29, 1.82) is 0 Å². The van der Waals surface area contributed by atoms with Gasteiger partial charge in [0.05, 0.1) is 11.1 Å². The molecule has 0 spiro atoms. The average Bonchev–Trinajstić information content (AvgIpc) is 3.11. The number of cyclic esters (lactones) is 2. The van der Waals surface area contributed by atoms with Crippen LogP contribution >= 0.6 is 0 Å². The van der Waals surface area contributed by atoms with Gasteiger partial charge in [-0.1, -0.05) is 36.4 Å². The van der Waals surface area contributed by atoms with Gasteiger partial charge in [0.1, 0.15) is 0 Å². The van der Waals surface area contributed by atoms with Gasteiger partial charge in [0.15, 0.2) is 11.5 Å². The van der Waals surface area contributed by atoms with Crippen LogP contribution in [-0.2, 0) is 14.3 Å². The van der Waals surface area contributed by atoms with Crippen molar-refractivity contribution in [2.75, 3.05) is 6.79 Å². The van der Waals surface area contributed by atoms with Gasteiger partial charge in [-0.3, -0.25) is 0 Å². The van der Waals surface area contributed by atoms with E-state index < -0.39 is 11.9 Å². The van der Waals surface area contributed by atoms with E-state index in [1.54, 1.807) is 42.5 Å². The largest absolute Gasteiger partial charge is 0.454 e. The summed E-state index contributed by atoms with van der Waals surface area (Å²) in [5.74, 6) is -0.126. The van der Waals surface area contributed by atoms with Crippen molar-refractivity contribution < 1.29 is 23.8 Å². The first kappa shape index (κ1) is 12.6. The van der Waals surface area contributed by atoms with Crippen LogP contribution in [0.25, 0.3) is 11.1 Å². The summed E-state index contributed by atoms with van der Waals surface area (Å²) in [6.07, 6.45) is 0. The van der Waals surface area contributed by atoms with Crippen molar-refractivity contribution in [2.45, 2.75) is 0 Å². The molecule has 0 bridgehead atoms. The van der Waals surface area contributed by atoms with Crippen LogP contribution < -0.4 is 9.47 Å². The number of carbonyl (C=O) groups is 2. The molecule has 0 amide bonds. The van der Waals surface area contributed by atoms with Gasteiger partial charge in [-0.25, -0.2) is 9.59 Å². The maximum atomic E-state index is 12.1. The first-order valence-electron chi connectivity index (χ1n) is 6.70. The summed E-state index contributed by atoms with van der Waals surface area (Å²) in [6.45, 7) is 0.146. The lowest BCUT2D eigenvalue weighted by Gasteiger charge is -2.04. The smallest absolute Gasteiger partial charge is 0.347 e. The lowest BCUT2D eigenvalue weighted by molar-refractivity contribution is -0.149. The monoisotopic (exact) mass is 294 g/mol. The van der Waals surface area contributed by atoms with E-state index in [0.29, 0.717) is 22.6 Å². The molecule has 108 valence electrons. The van der Waals surface area contributed by atoms with Gasteiger partial charge < -0.3 is 14.2 Å². The number of esters is 2. The Kier molecular flexibility index (Phi) is 2.72. The maximum absolute atomic E-state index is 12.1. The van der Waals surface area contributed by atoms with Gasteiger partial charge in [-0.15, -0.1) is 0 Å². The molecule has 4 rings (SSSR count). The van der Waals surface area contributed by atoms with E-state index in [0.717, 1.165) is 0 Å². The van der Waals surface area contributed by atoms with E-state index in [1.165, 1.54) is 0 Å². The van der Waals surface area contributed by atoms with Crippen LogP contribution in [0.1, 0.15) is 11.1 Å². The second kappa shape index (κ2) is 4.73. The van der Waals surface area contributed by atoms with E-state index in [1.807, 2.05) is 6.07 Å². The molecule has 0 unspecified atom stereocenters. The van der Waals surface area contributed by atoms with Crippen molar-refractivity contribution in [3.63, 3.8) is 0 Å². The molecule has 2 aromatic carbocycles. The van der Waals surface area contributed by atoms with E-state index >= 15 is 0 Å². The lowest BCUT2D eigenvalue weighted by Crippen LogP contribution is -2.02. The van der Waals surface area contributed by atoms with Gasteiger partial charge in [0.25, 0.3) is 0 Å². The van der Waals surface area contributed by atoms with Crippen LogP contribution in [0.4, 0.5) is 0 Å². The fourth-order valence-corrected chi connectivity index (χ4v) is 2.57. The Morgan fingerprint density at radius 3 is 2.18 bits per heavy atom. The highest BCUT2D eigenvalue weighted by molar-refractivity contribution is 6.44. The number of ether oxygens (including phenoxy) is 3. The van der Waals surface area contributed by atoms with Crippen LogP contribution in [0.5, 0.6) is 11.5 Å². The van der Waals surface area contributed by atoms with Crippen LogP contribution in [0, 0.1) is 0 Å². The number of rotatable bonds is 2. The number of hydrogen-bond donors (Lipinski definition) is 0. The van der Waals surface area contributed by atoms with E-state index in [-0.39, 0.29) is 17.9 Å². The topological polar surface area (TPSA) is 61.8 Å². The molecule has 0 fully saturated rings. The fourth-order valence-electron chi connectivity index (χ4n) is 2.57. The number of fused-ring (bicyclic) bond motifs is 1. The Morgan fingerprint density at radius 2 is 1.41 bits per heavy atom. The van der Waals surface area contributed by atoms with Gasteiger partial charge in [-0.2, -0.15) is 0 Å². The van der Waals surface area contributed by atoms with Crippen molar-refractivity contribution >= 4 is 23.1 Å². The Hall–Kier alpha value is -3.08. The minimum atomic E-state index is -0.650. The molecule has 22 heavy (non-hydrogen) atoms. The van der Waals surface area contributed by atoms with Crippen molar-refractivity contribution in [2.24, 2.45) is 0 Å². The van der Waals surface area contributed by atoms with Gasteiger partial charge in [0.2, 0.25) is 6.79 Å². The van der Waals surface area contributed by atoms with E-state index in [4.69, 9.17) is 14.2 Å². The van der Waals surface area contributed by atoms with E-state index in [2.05, 4.69) is 0 Å². The first-order valence-corrected chi connectivity index (χ1v) is 6.70. The third-order valence-electron chi connectivity index (χ3n) is 3.57. The molecule has 0 atom stereocenters. The summed E-state index contributed by atoms with van der Waals surface area (Å²) in [7, 11) is 0. The summed E-state index contributed by atoms with van der Waals surface area (Å²) in [5.41, 5.74) is 1.73. The number of hydrogen-bond acceptors (Lipinski definition) is 5. The molecule has 5 heteroatoms. The van der Waals surface area contributed by atoms with Crippen molar-refractivity contribution in [1.82, 2.24) is 0 Å². The van der Waals surface area contributed by atoms with Gasteiger partial charge in [-0.05, 0) is 23.3 Å². The lowest BCUT2D eigenvalue weighted by atomic mass is 9.96. The highest BCUT2D eigenvalue weighted by Crippen LogP contribution is 2.39. The predicted molar refractivity (Wildman–Crippen MR) is 76.9 cm³/mol. The van der Waals surface area contributed by atoms with Crippen molar-refractivity contribution in [3.8, 4) is 11.5 Å². The van der Waals surface area contributed by atoms with Gasteiger partial charge >= 0.3 is 11.9 Å². The Bertz CT molecular complexity index is 820. The highest BCUT2D eigenvalue weighted by Gasteiger charge is 2.35. The molecular weight excluding hydrogens is 284 g/mol. The minimum Gasteiger partial charge on any atom is -0.454 e. The molecule has 2 heterocycles. The van der Waals surface area contributed by atoms with Crippen LogP contribution in [0.2, 0.25) is 0 Å². The second-order valence-corrected chi connectivity index (χ2v) is 4.86. The van der Waals surface area contributed by atoms with Gasteiger partial charge in [0, 0.05) is 0 Å². The zero-order chi connectivity index (χ0) is 15.1. The summed E-state index contributed by atoms with van der Waals surface area (Å²) < 4.78 is 15.4. The molecule has 2 aliphatic heterocycles. The number of benzene rings is 2. The molecule has 0 N–H and O–H groups in total. The average molecular weight is 294 g/mol. The van der Waals surface area contributed by atoms with Crippen molar-refractivity contribution in [3.05, 3.63) is 59.7 Å². The van der Waals surface area contributed by atoms with E-state index in [9.17, 15) is 9.59 Å². The molecule has 2 aromatic rings.